The molecule has 1 aromatic heterocycles. The fraction of sp³-hybridized carbons (Fsp3) is 0.609. The van der Waals surface area contributed by atoms with E-state index in [2.05, 4.69) is 15.2 Å². The van der Waals surface area contributed by atoms with Crippen LogP contribution >= 0.6 is 11.8 Å². The Morgan fingerprint density at radius 2 is 2.03 bits per heavy atom. The molecule has 2 fully saturated rings. The summed E-state index contributed by atoms with van der Waals surface area (Å²) in [5.74, 6) is 3.78. The van der Waals surface area contributed by atoms with Crippen LogP contribution < -0.4 is 9.47 Å². The van der Waals surface area contributed by atoms with Gasteiger partial charge in [0.25, 0.3) is 0 Å². The molecule has 1 atom stereocenters. The lowest BCUT2D eigenvalue weighted by atomic mass is 10.0. The van der Waals surface area contributed by atoms with Gasteiger partial charge in [0.2, 0.25) is 11.1 Å². The van der Waals surface area contributed by atoms with Gasteiger partial charge in [0.1, 0.15) is 17.3 Å². The number of amides is 1. The van der Waals surface area contributed by atoms with Crippen molar-refractivity contribution in [1.29, 1.82) is 0 Å². The van der Waals surface area contributed by atoms with Crippen LogP contribution in [0.1, 0.15) is 62.4 Å². The van der Waals surface area contributed by atoms with E-state index in [-0.39, 0.29) is 11.9 Å². The third-order valence-electron chi connectivity index (χ3n) is 6.47. The van der Waals surface area contributed by atoms with Gasteiger partial charge in [-0.25, -0.2) is 4.98 Å². The molecule has 168 valence electrons. The molecule has 0 bridgehead atoms. The van der Waals surface area contributed by atoms with E-state index in [9.17, 15) is 4.79 Å². The second kappa shape index (κ2) is 10.4. The Balaban J connectivity index is 1.34. The Morgan fingerprint density at radius 1 is 1.19 bits per heavy atom. The molecular weight excluding hydrogens is 412 g/mol. The van der Waals surface area contributed by atoms with E-state index in [1.54, 1.807) is 14.2 Å². The number of nitrogens with one attached hydrogen (secondary N) is 1. The van der Waals surface area contributed by atoms with Gasteiger partial charge in [0.05, 0.1) is 26.0 Å². The number of hydrogen-bond acceptors (Lipinski definition) is 6. The number of ether oxygens (including phenoxy) is 2. The Bertz CT molecular complexity index is 881. The molecule has 1 aromatic carbocycles. The number of benzene rings is 1. The van der Waals surface area contributed by atoms with Gasteiger partial charge in [0, 0.05) is 18.5 Å². The number of thioether (sulfide) groups is 1. The molecule has 1 amide bonds. The van der Waals surface area contributed by atoms with Gasteiger partial charge < -0.3 is 14.4 Å². The molecule has 31 heavy (non-hydrogen) atoms. The summed E-state index contributed by atoms with van der Waals surface area (Å²) in [6.07, 6.45) is 9.44. The largest absolute Gasteiger partial charge is 0.497 e. The fourth-order valence-corrected chi connectivity index (χ4v) is 5.49. The van der Waals surface area contributed by atoms with Gasteiger partial charge in [-0.1, -0.05) is 37.4 Å². The van der Waals surface area contributed by atoms with Crippen molar-refractivity contribution in [1.82, 2.24) is 20.1 Å². The highest BCUT2D eigenvalue weighted by Gasteiger charge is 2.32. The molecule has 0 radical (unpaired) electrons. The quantitative estimate of drug-likeness (QED) is 0.578. The first kappa shape index (κ1) is 22.0. The molecule has 7 nitrogen and oxygen atoms in total. The minimum Gasteiger partial charge on any atom is -0.497 e. The van der Waals surface area contributed by atoms with E-state index in [0.29, 0.717) is 10.9 Å². The predicted octanol–water partition coefficient (Wildman–Crippen LogP) is 4.40. The zero-order valence-electron chi connectivity index (χ0n) is 18.4. The van der Waals surface area contributed by atoms with E-state index in [4.69, 9.17) is 9.47 Å². The number of aromatic nitrogens is 3. The number of likely N-dealkylation sites (tertiary alicyclic amines) is 1. The first-order valence-electron chi connectivity index (χ1n) is 11.2. The van der Waals surface area contributed by atoms with Crippen LogP contribution in [0.2, 0.25) is 0 Å². The van der Waals surface area contributed by atoms with Crippen molar-refractivity contribution in [2.75, 3.05) is 26.5 Å². The molecule has 0 spiro atoms. The number of hydrogen-bond donors (Lipinski definition) is 1. The van der Waals surface area contributed by atoms with Crippen LogP contribution in [-0.4, -0.2) is 52.5 Å². The topological polar surface area (TPSA) is 80.3 Å². The fourth-order valence-electron chi connectivity index (χ4n) is 4.79. The lowest BCUT2D eigenvalue weighted by Crippen LogP contribution is -2.32. The first-order valence-corrected chi connectivity index (χ1v) is 12.2. The molecule has 1 aliphatic heterocycles. The van der Waals surface area contributed by atoms with Crippen molar-refractivity contribution in [2.24, 2.45) is 5.92 Å². The Kier molecular flexibility index (Phi) is 7.37. The maximum atomic E-state index is 13.0. The second-order valence-corrected chi connectivity index (χ2v) is 9.34. The smallest absolute Gasteiger partial charge is 0.233 e. The van der Waals surface area contributed by atoms with E-state index in [0.717, 1.165) is 54.6 Å². The molecule has 1 saturated carbocycles. The summed E-state index contributed by atoms with van der Waals surface area (Å²) in [5, 5.41) is 8.01. The molecule has 0 unspecified atom stereocenters. The Labute approximate surface area is 188 Å². The average Bonchev–Trinajstić information content (AvgIpc) is 3.57. The minimum absolute atomic E-state index is 0.00673. The van der Waals surface area contributed by atoms with Crippen LogP contribution in [0.4, 0.5) is 0 Å². The Morgan fingerprint density at radius 3 is 2.81 bits per heavy atom. The van der Waals surface area contributed by atoms with Crippen molar-refractivity contribution in [3.63, 3.8) is 0 Å². The lowest BCUT2D eigenvalue weighted by Gasteiger charge is -2.26. The van der Waals surface area contributed by atoms with Crippen LogP contribution in [-0.2, 0) is 11.2 Å². The summed E-state index contributed by atoms with van der Waals surface area (Å²) in [4.78, 5) is 19.6. The lowest BCUT2D eigenvalue weighted by molar-refractivity contribution is -0.129. The van der Waals surface area contributed by atoms with Crippen molar-refractivity contribution in [2.45, 2.75) is 62.6 Å². The van der Waals surface area contributed by atoms with Gasteiger partial charge in [-0.2, -0.15) is 0 Å². The summed E-state index contributed by atoms with van der Waals surface area (Å²) in [6.45, 7) is 0.755. The number of H-pyrrole nitrogens is 1. The summed E-state index contributed by atoms with van der Waals surface area (Å²) in [6, 6.07) is 5.78. The van der Waals surface area contributed by atoms with Crippen LogP contribution in [0.25, 0.3) is 0 Å². The van der Waals surface area contributed by atoms with Gasteiger partial charge in [-0.15, -0.1) is 5.10 Å². The summed E-state index contributed by atoms with van der Waals surface area (Å²) in [7, 11) is 3.31. The van der Waals surface area contributed by atoms with Crippen LogP contribution in [0, 0.1) is 5.92 Å². The molecule has 4 rings (SSSR count). The third-order valence-corrected chi connectivity index (χ3v) is 7.30. The van der Waals surface area contributed by atoms with Crippen molar-refractivity contribution >= 4 is 17.7 Å². The number of aromatic amines is 1. The van der Waals surface area contributed by atoms with E-state index in [1.807, 2.05) is 23.1 Å². The zero-order valence-corrected chi connectivity index (χ0v) is 19.2. The first-order chi connectivity index (χ1) is 15.2. The van der Waals surface area contributed by atoms with Crippen molar-refractivity contribution < 1.29 is 14.3 Å². The molecule has 2 aliphatic rings. The highest BCUT2D eigenvalue weighted by atomic mass is 32.2. The average molecular weight is 445 g/mol. The number of carbonyl (C=O) groups excluding carboxylic acids is 1. The maximum Gasteiger partial charge on any atom is 0.233 e. The molecule has 2 aromatic rings. The number of aryl methyl sites for hydroxylation is 1. The number of methoxy groups -OCH3 is 2. The minimum atomic E-state index is 0.00673. The van der Waals surface area contributed by atoms with Gasteiger partial charge in [-0.05, 0) is 43.4 Å². The molecular formula is C23H32N4O3S. The normalized spacial score (nSPS) is 19.2. The predicted molar refractivity (Wildman–Crippen MR) is 121 cm³/mol. The molecule has 1 saturated heterocycles. The number of carbonyl (C=O) groups is 1. The van der Waals surface area contributed by atoms with E-state index < -0.39 is 0 Å². The monoisotopic (exact) mass is 444 g/mol. The highest BCUT2D eigenvalue weighted by Crippen LogP contribution is 2.39. The van der Waals surface area contributed by atoms with Gasteiger partial charge in [0.15, 0.2) is 0 Å². The summed E-state index contributed by atoms with van der Waals surface area (Å²) >= 11 is 1.41. The SMILES string of the molecule is COc1ccc(OC)c([C@@H]2CCCN2C(=O)CSc2n[nH]c(CCC3CCCC3)n2)c1. The molecule has 8 heteroatoms. The second-order valence-electron chi connectivity index (χ2n) is 8.40. The summed E-state index contributed by atoms with van der Waals surface area (Å²) in [5.41, 5.74) is 1.00. The zero-order chi connectivity index (χ0) is 21.6. The standard InChI is InChI=1S/C23H32N4O3S/c1-29-17-10-11-20(30-2)18(14-17)19-8-5-13-27(19)22(28)15-31-23-24-21(25-26-23)12-9-16-6-3-4-7-16/h10-11,14,16,19H,3-9,12-13,15H2,1-2H3,(H,24,25,26)/t19-/m0/s1. The third kappa shape index (κ3) is 5.34. The van der Waals surface area contributed by atoms with E-state index in [1.165, 1.54) is 43.9 Å². The van der Waals surface area contributed by atoms with Crippen LogP contribution in [0.15, 0.2) is 23.4 Å². The van der Waals surface area contributed by atoms with Crippen molar-refractivity contribution in [3.8, 4) is 11.5 Å². The van der Waals surface area contributed by atoms with Crippen LogP contribution in [0.5, 0.6) is 11.5 Å². The molecule has 2 heterocycles. The molecule has 1 N–H and O–H groups in total. The van der Waals surface area contributed by atoms with Gasteiger partial charge >= 0.3 is 0 Å². The maximum absolute atomic E-state index is 13.0. The number of rotatable bonds is 9. The van der Waals surface area contributed by atoms with Gasteiger partial charge in [-0.3, -0.25) is 9.89 Å². The highest BCUT2D eigenvalue weighted by molar-refractivity contribution is 7.99. The number of nitrogens with zero attached hydrogens (tertiary/aromatic N) is 3. The van der Waals surface area contributed by atoms with Crippen molar-refractivity contribution in [3.05, 3.63) is 29.6 Å². The van der Waals surface area contributed by atoms with E-state index >= 15 is 0 Å². The molecule has 1 aliphatic carbocycles. The Hall–Kier alpha value is -2.22. The summed E-state index contributed by atoms with van der Waals surface area (Å²) < 4.78 is 10.9. The van der Waals surface area contributed by atoms with Crippen LogP contribution in [0.3, 0.4) is 0 Å².